The smallest absolute Gasteiger partial charge is 0.283 e. The van der Waals surface area contributed by atoms with Gasteiger partial charge in [0.1, 0.15) is 24.7 Å². The second-order valence-corrected chi connectivity index (χ2v) is 11.8. The van der Waals surface area contributed by atoms with E-state index in [1.54, 1.807) is 24.3 Å². The van der Waals surface area contributed by atoms with Crippen LogP contribution in [-0.4, -0.2) is 54.2 Å². The summed E-state index contributed by atoms with van der Waals surface area (Å²) in [4.78, 5) is 16.4. The van der Waals surface area contributed by atoms with Crippen molar-refractivity contribution in [2.24, 2.45) is 10.1 Å². The number of nitrogens with zero attached hydrogens (tertiary/aromatic N) is 3. The van der Waals surface area contributed by atoms with Gasteiger partial charge in [0.2, 0.25) is 19.4 Å². The van der Waals surface area contributed by atoms with Crippen LogP contribution < -0.4 is 9.47 Å². The first-order valence-corrected chi connectivity index (χ1v) is 13.9. The molecule has 1 N–H and O–H groups in total. The van der Waals surface area contributed by atoms with Crippen LogP contribution in [-0.2, 0) is 14.6 Å². The number of rotatable bonds is 7. The van der Waals surface area contributed by atoms with Crippen LogP contribution in [0.1, 0.15) is 36.5 Å². The summed E-state index contributed by atoms with van der Waals surface area (Å²) in [7, 11) is -3.58. The lowest BCUT2D eigenvalue weighted by atomic mass is 10.0. The molecule has 0 bridgehead atoms. The maximum Gasteiger partial charge on any atom is 0.283 e. The third-order valence-corrected chi connectivity index (χ3v) is 7.92. The number of ether oxygens (including phenoxy) is 2. The average molecular weight is 527 g/mol. The second-order valence-electron chi connectivity index (χ2n) is 8.62. The molecule has 0 saturated heterocycles. The van der Waals surface area contributed by atoms with Gasteiger partial charge in [-0.25, -0.2) is 8.42 Å². The molecule has 188 valence electrons. The first kappa shape index (κ1) is 25.6. The molecule has 0 saturated carbocycles. The standard InChI is InChI=1S/C25H26N4O5S2/c1-15(2)19-10-5-16(3)13-21(19)34-12-11-33-18-8-6-17(7-9-18)14-20-22(26)29-24(27-23(20)30)35-25(28-29)36(4,31)32/h5-10,13-15,26H,11-12H2,1-4H3/b20-14-,26-22?. The summed E-state index contributed by atoms with van der Waals surface area (Å²) in [6.45, 7) is 7.04. The van der Waals surface area contributed by atoms with E-state index in [4.69, 9.17) is 14.9 Å². The summed E-state index contributed by atoms with van der Waals surface area (Å²) in [6.07, 6.45) is 2.53. The normalized spacial score (nSPS) is 16.8. The molecule has 2 aliphatic rings. The summed E-state index contributed by atoms with van der Waals surface area (Å²) >= 11 is 0.752. The fourth-order valence-electron chi connectivity index (χ4n) is 3.51. The molecule has 2 aromatic carbocycles. The molecule has 2 aromatic rings. The van der Waals surface area contributed by atoms with Crippen molar-refractivity contribution in [2.75, 3.05) is 19.5 Å². The highest BCUT2D eigenvalue weighted by molar-refractivity contribution is 8.42. The summed E-state index contributed by atoms with van der Waals surface area (Å²) < 4.78 is 35.1. The number of amidine groups is 2. The van der Waals surface area contributed by atoms with Crippen molar-refractivity contribution < 1.29 is 22.7 Å². The molecule has 2 heterocycles. The number of hydrogen-bond donors (Lipinski definition) is 1. The number of benzene rings is 2. The third kappa shape index (κ3) is 5.68. The van der Waals surface area contributed by atoms with Gasteiger partial charge in [-0.05, 0) is 65.6 Å². The molecule has 36 heavy (non-hydrogen) atoms. The fourth-order valence-corrected chi connectivity index (χ4v) is 5.19. The Bertz CT molecular complexity index is 1410. The Labute approximate surface area is 214 Å². The molecule has 0 radical (unpaired) electrons. The third-order valence-electron chi connectivity index (χ3n) is 5.34. The molecule has 0 fully saturated rings. The SMILES string of the molecule is Cc1ccc(C(C)C)c(OCCOc2ccc(/C=C3/C(=N)N4N=C(S(C)(=O)=O)SC4=NC3=O)cc2)c1. The summed E-state index contributed by atoms with van der Waals surface area (Å²) in [5.41, 5.74) is 2.96. The van der Waals surface area contributed by atoms with Crippen molar-refractivity contribution in [3.8, 4) is 11.5 Å². The zero-order chi connectivity index (χ0) is 26.0. The summed E-state index contributed by atoms with van der Waals surface area (Å²) in [5.74, 6) is 1.00. The summed E-state index contributed by atoms with van der Waals surface area (Å²) in [6, 6.07) is 13.2. The molecular weight excluding hydrogens is 500 g/mol. The number of aliphatic imine (C=N–C) groups is 1. The van der Waals surface area contributed by atoms with E-state index >= 15 is 0 Å². The Hall–Kier alpha value is -3.44. The molecule has 2 aliphatic heterocycles. The fraction of sp³-hybridized carbons (Fsp3) is 0.280. The van der Waals surface area contributed by atoms with Gasteiger partial charge < -0.3 is 9.47 Å². The largest absolute Gasteiger partial charge is 0.490 e. The predicted molar refractivity (Wildman–Crippen MR) is 143 cm³/mol. The number of sulfone groups is 1. The van der Waals surface area contributed by atoms with Gasteiger partial charge in [0, 0.05) is 6.26 Å². The van der Waals surface area contributed by atoms with Crippen LogP contribution in [0.2, 0.25) is 0 Å². The number of hydrazone groups is 1. The van der Waals surface area contributed by atoms with Crippen molar-refractivity contribution >= 4 is 49.0 Å². The second kappa shape index (κ2) is 10.3. The van der Waals surface area contributed by atoms with Crippen molar-refractivity contribution in [1.29, 1.82) is 5.41 Å². The van der Waals surface area contributed by atoms with Gasteiger partial charge in [-0.1, -0.05) is 38.1 Å². The van der Waals surface area contributed by atoms with E-state index in [1.165, 1.54) is 6.08 Å². The van der Waals surface area contributed by atoms with Crippen LogP contribution in [0.5, 0.6) is 11.5 Å². The minimum Gasteiger partial charge on any atom is -0.490 e. The van der Waals surface area contributed by atoms with Gasteiger partial charge in [0.05, 0.1) is 5.57 Å². The highest BCUT2D eigenvalue weighted by Crippen LogP contribution is 2.30. The Kier molecular flexibility index (Phi) is 7.32. The van der Waals surface area contributed by atoms with Crippen molar-refractivity contribution in [3.63, 3.8) is 0 Å². The molecule has 0 aromatic heterocycles. The first-order chi connectivity index (χ1) is 17.0. The van der Waals surface area contributed by atoms with Gasteiger partial charge in [-0.3, -0.25) is 10.2 Å². The molecule has 1 amide bonds. The van der Waals surface area contributed by atoms with Crippen molar-refractivity contribution in [3.05, 3.63) is 64.7 Å². The molecule has 11 heteroatoms. The lowest BCUT2D eigenvalue weighted by molar-refractivity contribution is -0.114. The van der Waals surface area contributed by atoms with Gasteiger partial charge in [-0.2, -0.15) is 10.0 Å². The van der Waals surface area contributed by atoms with E-state index in [2.05, 4.69) is 36.1 Å². The minimum atomic E-state index is -3.58. The van der Waals surface area contributed by atoms with E-state index in [0.717, 1.165) is 39.9 Å². The molecule has 0 unspecified atom stereocenters. The summed E-state index contributed by atoms with van der Waals surface area (Å²) in [5, 5.41) is 13.4. The number of carbonyl (C=O) groups excluding carboxylic acids is 1. The van der Waals surface area contributed by atoms with Crippen LogP contribution in [0, 0.1) is 12.3 Å². The molecular formula is C25H26N4O5S2. The van der Waals surface area contributed by atoms with E-state index < -0.39 is 15.7 Å². The van der Waals surface area contributed by atoms with Gasteiger partial charge in [0.15, 0.2) is 5.84 Å². The van der Waals surface area contributed by atoms with Crippen LogP contribution in [0.4, 0.5) is 0 Å². The number of carbonyl (C=O) groups is 1. The van der Waals surface area contributed by atoms with E-state index in [-0.39, 0.29) is 21.0 Å². The van der Waals surface area contributed by atoms with Crippen LogP contribution in [0.3, 0.4) is 0 Å². The topological polar surface area (TPSA) is 121 Å². The Balaban J connectivity index is 1.38. The number of amides is 1. The number of thioether (sulfide) groups is 1. The lowest BCUT2D eigenvalue weighted by Gasteiger charge is -2.20. The minimum absolute atomic E-state index is 0.0130. The quantitative estimate of drug-likeness (QED) is 0.424. The van der Waals surface area contributed by atoms with Gasteiger partial charge in [0.25, 0.3) is 5.91 Å². The van der Waals surface area contributed by atoms with E-state index in [9.17, 15) is 13.2 Å². The Morgan fingerprint density at radius 2 is 1.81 bits per heavy atom. The van der Waals surface area contributed by atoms with Crippen LogP contribution in [0.25, 0.3) is 6.08 Å². The lowest BCUT2D eigenvalue weighted by Crippen LogP contribution is -2.35. The number of aryl methyl sites for hydroxylation is 1. The maximum absolute atomic E-state index is 12.5. The monoisotopic (exact) mass is 526 g/mol. The first-order valence-electron chi connectivity index (χ1n) is 11.2. The maximum atomic E-state index is 12.5. The van der Waals surface area contributed by atoms with Crippen LogP contribution in [0.15, 0.2) is 58.1 Å². The van der Waals surface area contributed by atoms with Gasteiger partial charge in [-0.15, -0.1) is 5.10 Å². The van der Waals surface area contributed by atoms with Gasteiger partial charge >= 0.3 is 0 Å². The average Bonchev–Trinajstić information content (AvgIpc) is 3.25. The number of hydrogen-bond acceptors (Lipinski definition) is 8. The van der Waals surface area contributed by atoms with E-state index in [1.807, 2.05) is 13.0 Å². The predicted octanol–water partition coefficient (Wildman–Crippen LogP) is 4.20. The Morgan fingerprint density at radius 1 is 1.11 bits per heavy atom. The molecule has 4 rings (SSSR count). The number of nitrogens with one attached hydrogen (secondary N) is 1. The number of fused-ring (bicyclic) bond motifs is 1. The van der Waals surface area contributed by atoms with Crippen molar-refractivity contribution in [2.45, 2.75) is 26.7 Å². The molecule has 0 aliphatic carbocycles. The molecule has 0 spiro atoms. The Morgan fingerprint density at radius 3 is 2.47 bits per heavy atom. The zero-order valence-electron chi connectivity index (χ0n) is 20.3. The highest BCUT2D eigenvalue weighted by Gasteiger charge is 2.38. The zero-order valence-corrected chi connectivity index (χ0v) is 21.9. The van der Waals surface area contributed by atoms with Crippen LogP contribution >= 0.6 is 11.8 Å². The van der Waals surface area contributed by atoms with Crippen molar-refractivity contribution in [1.82, 2.24) is 5.01 Å². The molecule has 9 nitrogen and oxygen atoms in total. The van der Waals surface area contributed by atoms with E-state index in [0.29, 0.717) is 30.4 Å². The highest BCUT2D eigenvalue weighted by atomic mass is 32.3. The molecule has 0 atom stereocenters.